The van der Waals surface area contributed by atoms with Crippen LogP contribution in [0.1, 0.15) is 36.5 Å². The summed E-state index contributed by atoms with van der Waals surface area (Å²) in [6, 6.07) is 21.7. The molecule has 1 aliphatic rings. The summed E-state index contributed by atoms with van der Waals surface area (Å²) in [5.41, 5.74) is 3.29. The lowest BCUT2D eigenvalue weighted by molar-refractivity contribution is 0.154. The van der Waals surface area contributed by atoms with Gasteiger partial charge in [0.15, 0.2) is 0 Å². The number of benzene rings is 3. The molecule has 2 heterocycles. The second-order valence-corrected chi connectivity index (χ2v) is 10.6. The second kappa shape index (κ2) is 10.9. The largest absolute Gasteiger partial charge is 0.449 e. The lowest BCUT2D eigenvalue weighted by atomic mass is 9.86. The zero-order valence-corrected chi connectivity index (χ0v) is 24.3. The second-order valence-electron chi connectivity index (χ2n) is 8.51. The van der Waals surface area contributed by atoms with Gasteiger partial charge in [-0.15, -0.1) is 0 Å². The van der Waals surface area contributed by atoms with Gasteiger partial charge in [0.1, 0.15) is 11.6 Å². The van der Waals surface area contributed by atoms with E-state index in [1.807, 2.05) is 54.6 Å². The van der Waals surface area contributed by atoms with Crippen LogP contribution < -0.4 is 4.90 Å². The number of rotatable bonds is 4. The fourth-order valence-corrected chi connectivity index (χ4v) is 6.31. The maximum atomic E-state index is 14.6. The molecular formula is C29H23BrFIN2O4. The van der Waals surface area contributed by atoms with E-state index in [1.54, 1.807) is 19.9 Å². The molecule has 5 rings (SSSR count). The SMILES string of the molecule is CCOC(=O)N1C(c2ccccc2)=C(I)C(c2ccc(Br)cc2)c2c1n(C(=O)OCC)c1cc(F)ccc21. The first-order valence-corrected chi connectivity index (χ1v) is 13.9. The number of allylic oxidation sites excluding steroid dienone is 1. The number of carbonyl (C=O) groups excluding carboxylic acids is 2. The van der Waals surface area contributed by atoms with Crippen LogP contribution in [0.4, 0.5) is 19.8 Å². The summed E-state index contributed by atoms with van der Waals surface area (Å²) >= 11 is 5.78. The summed E-state index contributed by atoms with van der Waals surface area (Å²) in [5, 5.41) is 0.637. The minimum atomic E-state index is -0.711. The number of ether oxygens (including phenoxy) is 2. The number of fused-ring (bicyclic) bond motifs is 3. The summed E-state index contributed by atoms with van der Waals surface area (Å²) in [6.45, 7) is 3.66. The minimum absolute atomic E-state index is 0.108. The van der Waals surface area contributed by atoms with Crippen LogP contribution in [0.2, 0.25) is 0 Å². The summed E-state index contributed by atoms with van der Waals surface area (Å²) in [4.78, 5) is 28.5. The van der Waals surface area contributed by atoms with E-state index in [0.29, 0.717) is 22.2 Å². The van der Waals surface area contributed by atoms with Gasteiger partial charge in [0, 0.05) is 24.9 Å². The number of nitrogens with zero attached hydrogens (tertiary/aromatic N) is 2. The molecular weight excluding hydrogens is 666 g/mol. The Bertz CT molecular complexity index is 1570. The molecule has 3 aromatic carbocycles. The summed E-state index contributed by atoms with van der Waals surface area (Å²) in [6.07, 6.45) is -1.36. The van der Waals surface area contributed by atoms with Crippen molar-refractivity contribution in [3.8, 4) is 0 Å². The molecule has 1 atom stereocenters. The quantitative estimate of drug-likeness (QED) is 0.202. The van der Waals surface area contributed by atoms with E-state index in [0.717, 1.165) is 19.2 Å². The van der Waals surface area contributed by atoms with Crippen molar-refractivity contribution in [3.63, 3.8) is 0 Å². The molecule has 9 heteroatoms. The molecule has 1 unspecified atom stereocenters. The van der Waals surface area contributed by atoms with E-state index in [1.165, 1.54) is 21.6 Å². The van der Waals surface area contributed by atoms with Crippen LogP contribution in [0.5, 0.6) is 0 Å². The van der Waals surface area contributed by atoms with E-state index in [9.17, 15) is 14.0 Å². The predicted octanol–water partition coefficient (Wildman–Crippen LogP) is 8.46. The average molecular weight is 689 g/mol. The zero-order chi connectivity index (χ0) is 27.0. The molecule has 38 heavy (non-hydrogen) atoms. The van der Waals surface area contributed by atoms with E-state index in [4.69, 9.17) is 9.47 Å². The van der Waals surface area contributed by atoms with Gasteiger partial charge in [0.2, 0.25) is 0 Å². The van der Waals surface area contributed by atoms with Gasteiger partial charge in [-0.3, -0.25) is 0 Å². The van der Waals surface area contributed by atoms with Crippen LogP contribution in [0, 0.1) is 5.82 Å². The molecule has 0 fully saturated rings. The van der Waals surface area contributed by atoms with Crippen LogP contribution in [0.3, 0.4) is 0 Å². The fourth-order valence-electron chi connectivity index (χ4n) is 4.82. The monoisotopic (exact) mass is 688 g/mol. The number of amides is 1. The smallest absolute Gasteiger partial charge is 0.420 e. The van der Waals surface area contributed by atoms with E-state index >= 15 is 0 Å². The molecule has 4 aromatic rings. The van der Waals surface area contributed by atoms with Crippen LogP contribution in [0.25, 0.3) is 16.6 Å². The number of carbonyl (C=O) groups is 2. The Labute approximate surface area is 241 Å². The van der Waals surface area contributed by atoms with Gasteiger partial charge in [0.25, 0.3) is 0 Å². The van der Waals surface area contributed by atoms with Crippen LogP contribution in [-0.4, -0.2) is 30.0 Å². The van der Waals surface area contributed by atoms with Gasteiger partial charge in [-0.25, -0.2) is 23.4 Å². The molecule has 0 spiro atoms. The molecule has 1 amide bonds. The first kappa shape index (κ1) is 26.4. The van der Waals surface area contributed by atoms with Gasteiger partial charge in [-0.05, 0) is 77.9 Å². The molecule has 0 N–H and O–H groups in total. The Morgan fingerprint density at radius 2 is 1.61 bits per heavy atom. The highest BCUT2D eigenvalue weighted by molar-refractivity contribution is 14.1. The Balaban J connectivity index is 1.95. The third-order valence-electron chi connectivity index (χ3n) is 6.30. The van der Waals surface area contributed by atoms with Crippen LogP contribution in [0.15, 0.2) is 80.8 Å². The average Bonchev–Trinajstić information content (AvgIpc) is 3.23. The lowest BCUT2D eigenvalue weighted by Gasteiger charge is -2.35. The first-order valence-electron chi connectivity index (χ1n) is 12.1. The summed E-state index contributed by atoms with van der Waals surface area (Å²) in [5.74, 6) is -0.593. The highest BCUT2D eigenvalue weighted by atomic mass is 127. The molecule has 0 saturated carbocycles. The lowest BCUT2D eigenvalue weighted by Crippen LogP contribution is -2.37. The van der Waals surface area contributed by atoms with Crippen molar-refractivity contribution in [2.75, 3.05) is 18.1 Å². The predicted molar refractivity (Wildman–Crippen MR) is 157 cm³/mol. The number of hydrogen-bond donors (Lipinski definition) is 0. The minimum Gasteiger partial charge on any atom is -0.449 e. The Hall–Kier alpha value is -3.18. The Kier molecular flexibility index (Phi) is 7.58. The van der Waals surface area contributed by atoms with Crippen LogP contribution in [-0.2, 0) is 9.47 Å². The molecule has 0 radical (unpaired) electrons. The Morgan fingerprint density at radius 1 is 0.947 bits per heavy atom. The van der Waals surface area contributed by atoms with Crippen molar-refractivity contribution >= 4 is 73.1 Å². The van der Waals surface area contributed by atoms with Crippen molar-refractivity contribution in [2.24, 2.45) is 0 Å². The van der Waals surface area contributed by atoms with Crippen molar-refractivity contribution in [1.29, 1.82) is 0 Å². The molecule has 194 valence electrons. The fraction of sp³-hybridized carbons (Fsp3) is 0.172. The van der Waals surface area contributed by atoms with E-state index in [-0.39, 0.29) is 24.9 Å². The van der Waals surface area contributed by atoms with Crippen molar-refractivity contribution in [2.45, 2.75) is 19.8 Å². The van der Waals surface area contributed by atoms with E-state index < -0.39 is 18.0 Å². The van der Waals surface area contributed by atoms with Crippen molar-refractivity contribution < 1.29 is 23.5 Å². The van der Waals surface area contributed by atoms with E-state index in [2.05, 4.69) is 38.5 Å². The normalized spacial score (nSPS) is 15.0. The van der Waals surface area contributed by atoms with Gasteiger partial charge in [0.05, 0.1) is 24.4 Å². The number of aromatic nitrogens is 1. The molecule has 1 aromatic heterocycles. The molecule has 0 aliphatic carbocycles. The Morgan fingerprint density at radius 3 is 2.26 bits per heavy atom. The van der Waals surface area contributed by atoms with Crippen LogP contribution >= 0.6 is 38.5 Å². The molecule has 1 aliphatic heterocycles. The third-order valence-corrected chi connectivity index (χ3v) is 7.96. The van der Waals surface area contributed by atoms with Gasteiger partial charge in [-0.1, -0.05) is 58.4 Å². The summed E-state index contributed by atoms with van der Waals surface area (Å²) in [7, 11) is 0. The number of halogens is 3. The highest BCUT2D eigenvalue weighted by Crippen LogP contribution is 2.54. The maximum Gasteiger partial charge on any atom is 0.420 e. The topological polar surface area (TPSA) is 60.8 Å². The molecule has 6 nitrogen and oxygen atoms in total. The summed E-state index contributed by atoms with van der Waals surface area (Å²) < 4.78 is 28.6. The molecule has 0 bridgehead atoms. The zero-order valence-electron chi connectivity index (χ0n) is 20.6. The molecule has 0 saturated heterocycles. The number of hydrogen-bond acceptors (Lipinski definition) is 4. The highest BCUT2D eigenvalue weighted by Gasteiger charge is 2.43. The first-order chi connectivity index (χ1) is 18.4. The maximum absolute atomic E-state index is 14.6. The van der Waals surface area contributed by atoms with Gasteiger partial charge >= 0.3 is 12.2 Å². The standard InChI is InChI=1S/C29H23BrFIN2O4/c1-3-37-28(35)33-22-16-20(31)14-15-21(22)24-23(17-10-12-19(30)13-11-17)25(32)26(18-8-6-5-7-9-18)34(27(24)33)29(36)38-4-2/h5-16,23H,3-4H2,1-2H3. The van der Waals surface area contributed by atoms with Crippen molar-refractivity contribution in [1.82, 2.24) is 4.57 Å². The number of anilines is 1. The van der Waals surface area contributed by atoms with Gasteiger partial charge < -0.3 is 9.47 Å². The van der Waals surface area contributed by atoms with Gasteiger partial charge in [-0.2, -0.15) is 0 Å². The van der Waals surface area contributed by atoms with Crippen molar-refractivity contribution in [3.05, 3.63) is 103 Å². The third kappa shape index (κ3) is 4.51.